The molecule has 2 rings (SSSR count). The molecule has 102 valence electrons. The molecule has 6 nitrogen and oxygen atoms in total. The van der Waals surface area contributed by atoms with E-state index in [-0.39, 0.29) is 10.8 Å². The van der Waals surface area contributed by atoms with Crippen LogP contribution in [0.5, 0.6) is 0 Å². The molecular weight excluding hydrogens is 282 g/mol. The Kier molecular flexibility index (Phi) is 4.27. The van der Waals surface area contributed by atoms with Gasteiger partial charge in [-0.3, -0.25) is 4.79 Å². The second kappa shape index (κ2) is 6.12. The number of hydrogen-bond acceptors (Lipinski definition) is 4. The monoisotopic (exact) mass is 291 g/mol. The van der Waals surface area contributed by atoms with Gasteiger partial charge in [-0.25, -0.2) is 4.79 Å². The fraction of sp³-hybridized carbons (Fsp3) is 0.0769. The number of carbonyl (C=O) groups excluding carboxylic acids is 1. The maximum Gasteiger partial charge on any atom is 0.330 e. The zero-order valence-electron chi connectivity index (χ0n) is 10.2. The van der Waals surface area contributed by atoms with E-state index in [1.54, 1.807) is 30.3 Å². The summed E-state index contributed by atoms with van der Waals surface area (Å²) in [5.74, 6) is -1.79. The Morgan fingerprint density at radius 1 is 1.10 bits per heavy atom. The van der Waals surface area contributed by atoms with Gasteiger partial charge in [0.25, 0.3) is 5.91 Å². The lowest BCUT2D eigenvalue weighted by Gasteiger charge is -2.14. The number of carboxylic acids is 1. The molecule has 0 saturated heterocycles. The molecule has 0 spiro atoms. The number of aromatic nitrogens is 2. The summed E-state index contributed by atoms with van der Waals surface area (Å²) in [5.41, 5.74) is 0.465. The van der Waals surface area contributed by atoms with E-state index in [2.05, 4.69) is 15.5 Å². The van der Waals surface area contributed by atoms with Crippen LogP contribution < -0.4 is 5.32 Å². The highest BCUT2D eigenvalue weighted by molar-refractivity contribution is 6.29. The molecule has 0 bridgehead atoms. The van der Waals surface area contributed by atoms with Crippen LogP contribution in [0.15, 0.2) is 42.5 Å². The van der Waals surface area contributed by atoms with Gasteiger partial charge >= 0.3 is 5.97 Å². The predicted molar refractivity (Wildman–Crippen MR) is 71.3 cm³/mol. The average Bonchev–Trinajstić information content (AvgIpc) is 2.46. The normalized spacial score (nSPS) is 11.7. The Hall–Kier alpha value is -2.47. The number of halogens is 1. The summed E-state index contributed by atoms with van der Waals surface area (Å²) < 4.78 is 0. The second-order valence-corrected chi connectivity index (χ2v) is 4.28. The van der Waals surface area contributed by atoms with Crippen molar-refractivity contribution in [1.82, 2.24) is 15.5 Å². The highest BCUT2D eigenvalue weighted by Gasteiger charge is 2.23. The van der Waals surface area contributed by atoms with E-state index in [1.807, 2.05) is 0 Å². The Morgan fingerprint density at radius 2 is 1.80 bits per heavy atom. The summed E-state index contributed by atoms with van der Waals surface area (Å²) in [6, 6.07) is 10.0. The van der Waals surface area contributed by atoms with Gasteiger partial charge in [0, 0.05) is 0 Å². The van der Waals surface area contributed by atoms with Crippen molar-refractivity contribution in [3.63, 3.8) is 0 Å². The lowest BCUT2D eigenvalue weighted by Crippen LogP contribution is -2.34. The molecule has 0 unspecified atom stereocenters. The molecule has 2 N–H and O–H groups in total. The third-order valence-electron chi connectivity index (χ3n) is 2.52. The van der Waals surface area contributed by atoms with Crippen LogP contribution in [0.25, 0.3) is 0 Å². The van der Waals surface area contributed by atoms with Crippen LogP contribution >= 0.6 is 11.6 Å². The second-order valence-electron chi connectivity index (χ2n) is 3.90. The van der Waals surface area contributed by atoms with Gasteiger partial charge in [0.05, 0.1) is 0 Å². The van der Waals surface area contributed by atoms with Crippen LogP contribution in [-0.2, 0) is 4.79 Å². The molecule has 1 atom stereocenters. The van der Waals surface area contributed by atoms with Gasteiger partial charge in [-0.2, -0.15) is 0 Å². The van der Waals surface area contributed by atoms with Crippen molar-refractivity contribution < 1.29 is 14.7 Å². The van der Waals surface area contributed by atoms with Crippen molar-refractivity contribution in [3.8, 4) is 0 Å². The number of carbonyl (C=O) groups is 2. The van der Waals surface area contributed by atoms with E-state index in [0.29, 0.717) is 5.56 Å². The van der Waals surface area contributed by atoms with Gasteiger partial charge in [-0.05, 0) is 17.7 Å². The maximum absolute atomic E-state index is 11.9. The van der Waals surface area contributed by atoms with Gasteiger partial charge in [0.1, 0.15) is 0 Å². The van der Waals surface area contributed by atoms with E-state index < -0.39 is 17.9 Å². The fourth-order valence-electron chi connectivity index (χ4n) is 1.58. The van der Waals surface area contributed by atoms with Crippen molar-refractivity contribution in [2.24, 2.45) is 0 Å². The van der Waals surface area contributed by atoms with Gasteiger partial charge in [0.15, 0.2) is 16.9 Å². The third-order valence-corrected chi connectivity index (χ3v) is 2.72. The minimum Gasteiger partial charge on any atom is -0.479 e. The number of hydrogen-bond donors (Lipinski definition) is 2. The van der Waals surface area contributed by atoms with Gasteiger partial charge in [0.2, 0.25) is 0 Å². The number of nitrogens with one attached hydrogen (secondary N) is 1. The van der Waals surface area contributed by atoms with Crippen molar-refractivity contribution in [1.29, 1.82) is 0 Å². The highest BCUT2D eigenvalue weighted by atomic mass is 35.5. The van der Waals surface area contributed by atoms with Crippen molar-refractivity contribution in [3.05, 3.63) is 58.9 Å². The minimum absolute atomic E-state index is 0.00317. The lowest BCUT2D eigenvalue weighted by atomic mass is 10.1. The minimum atomic E-state index is -1.16. The van der Waals surface area contributed by atoms with Crippen molar-refractivity contribution >= 4 is 23.5 Å². The van der Waals surface area contributed by atoms with Gasteiger partial charge in [-0.1, -0.05) is 41.9 Å². The zero-order chi connectivity index (χ0) is 14.5. The van der Waals surface area contributed by atoms with E-state index in [0.717, 1.165) is 0 Å². The van der Waals surface area contributed by atoms with Crippen LogP contribution in [0.1, 0.15) is 22.1 Å². The molecule has 0 aliphatic heterocycles. The largest absolute Gasteiger partial charge is 0.479 e. The van der Waals surface area contributed by atoms with Crippen molar-refractivity contribution in [2.45, 2.75) is 6.04 Å². The fourth-order valence-corrected chi connectivity index (χ4v) is 1.68. The number of nitrogens with zero attached hydrogens (tertiary/aromatic N) is 2. The highest BCUT2D eigenvalue weighted by Crippen LogP contribution is 2.13. The first-order chi connectivity index (χ1) is 9.58. The summed E-state index contributed by atoms with van der Waals surface area (Å²) in [4.78, 5) is 23.2. The van der Waals surface area contributed by atoms with E-state index in [4.69, 9.17) is 11.6 Å². The summed E-state index contributed by atoms with van der Waals surface area (Å²) in [5, 5.41) is 18.9. The Bertz CT molecular complexity index is 617. The summed E-state index contributed by atoms with van der Waals surface area (Å²) in [6.45, 7) is 0. The maximum atomic E-state index is 11.9. The summed E-state index contributed by atoms with van der Waals surface area (Å²) in [7, 11) is 0. The molecule has 0 radical (unpaired) electrons. The van der Waals surface area contributed by atoms with Crippen LogP contribution in [-0.4, -0.2) is 27.2 Å². The molecule has 1 aromatic carbocycles. The molecule has 7 heteroatoms. The molecule has 1 aromatic heterocycles. The molecule has 0 aliphatic carbocycles. The number of aliphatic carboxylic acids is 1. The SMILES string of the molecule is O=C(N[C@H](C(=O)O)c1ccccc1)c1ccc(Cl)nn1. The van der Waals surface area contributed by atoms with E-state index >= 15 is 0 Å². The Labute approximate surface area is 119 Å². The lowest BCUT2D eigenvalue weighted by molar-refractivity contribution is -0.139. The Balaban J connectivity index is 2.19. The molecular formula is C13H10ClN3O3. The first kappa shape index (κ1) is 14.0. The first-order valence-electron chi connectivity index (χ1n) is 5.66. The number of carboxylic acid groups (broad SMARTS) is 1. The standard InChI is InChI=1S/C13H10ClN3O3/c14-10-7-6-9(16-17-10)12(18)15-11(13(19)20)8-4-2-1-3-5-8/h1-7,11H,(H,15,18)(H,19,20)/t11-/m0/s1. The average molecular weight is 292 g/mol. The first-order valence-corrected chi connectivity index (χ1v) is 6.03. The number of amides is 1. The molecule has 0 aliphatic rings. The summed E-state index contributed by atoms with van der Waals surface area (Å²) >= 11 is 5.57. The van der Waals surface area contributed by atoms with Crippen LogP contribution in [0.3, 0.4) is 0 Å². The smallest absolute Gasteiger partial charge is 0.330 e. The van der Waals surface area contributed by atoms with Gasteiger partial charge < -0.3 is 10.4 Å². The molecule has 1 heterocycles. The van der Waals surface area contributed by atoms with E-state index in [9.17, 15) is 14.7 Å². The molecule has 20 heavy (non-hydrogen) atoms. The molecule has 2 aromatic rings. The van der Waals surface area contributed by atoms with Crippen LogP contribution in [0.4, 0.5) is 0 Å². The Morgan fingerprint density at radius 3 is 2.35 bits per heavy atom. The predicted octanol–water partition coefficient (Wildman–Crippen LogP) is 1.69. The van der Waals surface area contributed by atoms with Crippen LogP contribution in [0.2, 0.25) is 5.15 Å². The number of rotatable bonds is 4. The molecule has 0 saturated carbocycles. The van der Waals surface area contributed by atoms with Crippen LogP contribution in [0, 0.1) is 0 Å². The van der Waals surface area contributed by atoms with E-state index in [1.165, 1.54) is 12.1 Å². The topological polar surface area (TPSA) is 92.2 Å². The quantitative estimate of drug-likeness (QED) is 0.894. The number of benzene rings is 1. The third kappa shape index (κ3) is 3.30. The molecule has 1 amide bonds. The van der Waals surface area contributed by atoms with Crippen molar-refractivity contribution in [2.75, 3.05) is 0 Å². The van der Waals surface area contributed by atoms with Gasteiger partial charge in [-0.15, -0.1) is 10.2 Å². The summed E-state index contributed by atoms with van der Waals surface area (Å²) in [6.07, 6.45) is 0. The molecule has 0 fully saturated rings. The zero-order valence-corrected chi connectivity index (χ0v) is 10.9.